The van der Waals surface area contributed by atoms with Crippen molar-refractivity contribution in [3.63, 3.8) is 0 Å². The quantitative estimate of drug-likeness (QED) is 0.717. The van der Waals surface area contributed by atoms with E-state index in [1.54, 1.807) is 0 Å². The Hall–Kier alpha value is -0.990. The Morgan fingerprint density at radius 1 is 1.11 bits per heavy atom. The lowest BCUT2D eigenvalue weighted by atomic mass is 10.1. The smallest absolute Gasteiger partial charge is 0.0467 e. The van der Waals surface area contributed by atoms with Gasteiger partial charge in [-0.25, -0.2) is 0 Å². The molecule has 2 aromatic rings. The maximum atomic E-state index is 6.29. The molecule has 1 nitrogen and oxygen atoms in total. The highest BCUT2D eigenvalue weighted by molar-refractivity contribution is 9.10. The molecule has 3 heteroatoms. The Labute approximate surface area is 128 Å². The molecule has 0 saturated carbocycles. The van der Waals surface area contributed by atoms with Crippen molar-refractivity contribution in [2.45, 2.75) is 20.4 Å². The highest BCUT2D eigenvalue weighted by atomic mass is 79.9. The molecule has 0 spiro atoms. The standard InChI is InChI=1S/C16H17BrClN/c1-3-19(15-8-4-12(2)5-9-15)11-13-6-7-14(17)10-16(13)18/h4-10H,3,11H2,1-2H3. The van der Waals surface area contributed by atoms with Crippen LogP contribution in [0.2, 0.25) is 5.02 Å². The molecule has 0 aliphatic carbocycles. The first-order valence-electron chi connectivity index (χ1n) is 6.35. The molecule has 0 atom stereocenters. The van der Waals surface area contributed by atoms with Gasteiger partial charge in [-0.2, -0.15) is 0 Å². The topological polar surface area (TPSA) is 3.24 Å². The largest absolute Gasteiger partial charge is 0.367 e. The van der Waals surface area contributed by atoms with E-state index in [9.17, 15) is 0 Å². The van der Waals surface area contributed by atoms with Crippen LogP contribution in [0.1, 0.15) is 18.1 Å². The van der Waals surface area contributed by atoms with Crippen LogP contribution in [0.3, 0.4) is 0 Å². The Bertz CT molecular complexity index is 551. The molecule has 0 aromatic heterocycles. The van der Waals surface area contributed by atoms with Crippen LogP contribution in [-0.2, 0) is 6.54 Å². The molecule has 2 aromatic carbocycles. The van der Waals surface area contributed by atoms with E-state index in [0.717, 1.165) is 28.1 Å². The zero-order valence-electron chi connectivity index (χ0n) is 11.2. The maximum absolute atomic E-state index is 6.29. The van der Waals surface area contributed by atoms with Crippen molar-refractivity contribution >= 4 is 33.2 Å². The number of hydrogen-bond donors (Lipinski definition) is 0. The summed E-state index contributed by atoms with van der Waals surface area (Å²) < 4.78 is 1.01. The van der Waals surface area contributed by atoms with E-state index in [1.807, 2.05) is 12.1 Å². The summed E-state index contributed by atoms with van der Waals surface area (Å²) in [4.78, 5) is 2.31. The minimum atomic E-state index is 0.805. The van der Waals surface area contributed by atoms with Gasteiger partial charge in [-0.1, -0.05) is 51.3 Å². The minimum absolute atomic E-state index is 0.805. The van der Waals surface area contributed by atoms with Gasteiger partial charge in [-0.05, 0) is 43.7 Å². The van der Waals surface area contributed by atoms with Gasteiger partial charge in [0.05, 0.1) is 0 Å². The Kier molecular flexibility index (Phi) is 4.89. The van der Waals surface area contributed by atoms with Gasteiger partial charge in [0.1, 0.15) is 0 Å². The van der Waals surface area contributed by atoms with Crippen LogP contribution >= 0.6 is 27.5 Å². The van der Waals surface area contributed by atoms with E-state index in [1.165, 1.54) is 11.3 Å². The molecule has 0 heterocycles. The van der Waals surface area contributed by atoms with Crippen LogP contribution in [-0.4, -0.2) is 6.54 Å². The first kappa shape index (κ1) is 14.4. The third-order valence-electron chi connectivity index (χ3n) is 3.16. The van der Waals surface area contributed by atoms with E-state index in [0.29, 0.717) is 0 Å². The average Bonchev–Trinajstić information content (AvgIpc) is 2.39. The molecule has 19 heavy (non-hydrogen) atoms. The normalized spacial score (nSPS) is 10.5. The second-order valence-corrected chi connectivity index (χ2v) is 5.91. The summed E-state index contributed by atoms with van der Waals surface area (Å²) in [7, 11) is 0. The molecule has 0 unspecified atom stereocenters. The van der Waals surface area contributed by atoms with Crippen LogP contribution in [0.5, 0.6) is 0 Å². The molecule has 100 valence electrons. The summed E-state index contributed by atoms with van der Waals surface area (Å²) in [5, 5.41) is 0.805. The lowest BCUT2D eigenvalue weighted by Crippen LogP contribution is -2.22. The molecule has 0 N–H and O–H groups in total. The van der Waals surface area contributed by atoms with Crippen LogP contribution in [0, 0.1) is 6.92 Å². The van der Waals surface area contributed by atoms with Gasteiger partial charge >= 0.3 is 0 Å². The Morgan fingerprint density at radius 3 is 2.37 bits per heavy atom. The van der Waals surface area contributed by atoms with E-state index >= 15 is 0 Å². The highest BCUT2D eigenvalue weighted by Gasteiger charge is 2.08. The van der Waals surface area contributed by atoms with Crippen LogP contribution in [0.25, 0.3) is 0 Å². The molecule has 0 aliphatic rings. The predicted molar refractivity (Wildman–Crippen MR) is 87.1 cm³/mol. The fourth-order valence-corrected chi connectivity index (χ4v) is 2.73. The summed E-state index contributed by atoms with van der Waals surface area (Å²) in [6.07, 6.45) is 0. The van der Waals surface area contributed by atoms with Crippen LogP contribution in [0.15, 0.2) is 46.9 Å². The van der Waals surface area contributed by atoms with Crippen molar-refractivity contribution in [2.24, 2.45) is 0 Å². The van der Waals surface area contributed by atoms with Crippen LogP contribution < -0.4 is 4.90 Å². The third-order valence-corrected chi connectivity index (χ3v) is 4.00. The number of nitrogens with zero attached hydrogens (tertiary/aromatic N) is 1. The number of benzene rings is 2. The van der Waals surface area contributed by atoms with Crippen molar-refractivity contribution in [3.05, 3.63) is 63.1 Å². The fourth-order valence-electron chi connectivity index (χ4n) is 2.00. The highest BCUT2D eigenvalue weighted by Crippen LogP contribution is 2.25. The molecule has 0 saturated heterocycles. The predicted octanol–water partition coefficient (Wildman–Crippen LogP) is 5.44. The van der Waals surface area contributed by atoms with Gasteiger partial charge in [0.15, 0.2) is 0 Å². The molecule has 0 fully saturated rings. The van der Waals surface area contributed by atoms with E-state index in [-0.39, 0.29) is 0 Å². The van der Waals surface area contributed by atoms with E-state index in [2.05, 4.69) is 65.0 Å². The second-order valence-electron chi connectivity index (χ2n) is 4.59. The number of anilines is 1. The Balaban J connectivity index is 2.21. The summed E-state index contributed by atoms with van der Waals surface area (Å²) in [6, 6.07) is 14.6. The molecule has 0 radical (unpaired) electrons. The average molecular weight is 339 g/mol. The minimum Gasteiger partial charge on any atom is -0.367 e. The fraction of sp³-hybridized carbons (Fsp3) is 0.250. The maximum Gasteiger partial charge on any atom is 0.0467 e. The van der Waals surface area contributed by atoms with E-state index in [4.69, 9.17) is 11.6 Å². The van der Waals surface area contributed by atoms with Gasteiger partial charge in [0.2, 0.25) is 0 Å². The first-order chi connectivity index (χ1) is 9.10. The molecule has 0 bridgehead atoms. The molecule has 2 rings (SSSR count). The zero-order chi connectivity index (χ0) is 13.8. The van der Waals surface area contributed by atoms with Gasteiger partial charge in [0, 0.05) is 28.3 Å². The third kappa shape index (κ3) is 3.74. The Morgan fingerprint density at radius 2 is 1.79 bits per heavy atom. The molecule has 0 amide bonds. The number of rotatable bonds is 4. The summed E-state index contributed by atoms with van der Waals surface area (Å²) >= 11 is 9.72. The second kappa shape index (κ2) is 6.44. The lowest BCUT2D eigenvalue weighted by molar-refractivity contribution is 0.831. The monoisotopic (exact) mass is 337 g/mol. The first-order valence-corrected chi connectivity index (χ1v) is 7.53. The van der Waals surface area contributed by atoms with Gasteiger partial charge < -0.3 is 4.90 Å². The molecular formula is C16H17BrClN. The van der Waals surface area contributed by atoms with Gasteiger partial charge in [0.25, 0.3) is 0 Å². The number of aryl methyl sites for hydroxylation is 1. The van der Waals surface area contributed by atoms with Gasteiger partial charge in [-0.15, -0.1) is 0 Å². The summed E-state index contributed by atoms with van der Waals surface area (Å²) in [6.45, 7) is 6.04. The van der Waals surface area contributed by atoms with Crippen molar-refractivity contribution in [1.29, 1.82) is 0 Å². The van der Waals surface area contributed by atoms with Crippen molar-refractivity contribution in [1.82, 2.24) is 0 Å². The van der Waals surface area contributed by atoms with Crippen molar-refractivity contribution in [2.75, 3.05) is 11.4 Å². The van der Waals surface area contributed by atoms with Crippen molar-refractivity contribution in [3.8, 4) is 0 Å². The van der Waals surface area contributed by atoms with E-state index < -0.39 is 0 Å². The molecule has 0 aliphatic heterocycles. The summed E-state index contributed by atoms with van der Waals surface area (Å²) in [5.74, 6) is 0. The van der Waals surface area contributed by atoms with Crippen molar-refractivity contribution < 1.29 is 0 Å². The lowest BCUT2D eigenvalue weighted by Gasteiger charge is -2.24. The zero-order valence-corrected chi connectivity index (χ0v) is 13.5. The number of hydrogen-bond acceptors (Lipinski definition) is 1. The number of halogens is 2. The summed E-state index contributed by atoms with van der Waals surface area (Å²) in [5.41, 5.74) is 3.65. The van der Waals surface area contributed by atoms with Gasteiger partial charge in [-0.3, -0.25) is 0 Å². The SMILES string of the molecule is CCN(Cc1ccc(Br)cc1Cl)c1ccc(C)cc1. The molecular weight excluding hydrogens is 322 g/mol. The van der Waals surface area contributed by atoms with Crippen LogP contribution in [0.4, 0.5) is 5.69 Å².